The number of nitrogens with zero attached hydrogens (tertiary/aromatic N) is 4. The second-order valence-corrected chi connectivity index (χ2v) is 6.25. The van der Waals surface area contributed by atoms with Gasteiger partial charge in [-0.1, -0.05) is 12.8 Å². The molecule has 106 valence electrons. The largest absolute Gasteiger partial charge is 0.372 e. The van der Waals surface area contributed by atoms with Gasteiger partial charge in [0.25, 0.3) is 0 Å². The highest BCUT2D eigenvalue weighted by atomic mass is 127. The first-order chi connectivity index (χ1) is 9.70. The van der Waals surface area contributed by atoms with Crippen LogP contribution in [0.2, 0.25) is 0 Å². The molecular formula is C14H18IN5. The molecule has 2 heterocycles. The Labute approximate surface area is 132 Å². The number of halogens is 1. The quantitative estimate of drug-likeness (QED) is 0.828. The molecule has 0 spiro atoms. The Bertz CT molecular complexity index is 616. The lowest BCUT2D eigenvalue weighted by molar-refractivity contribution is 0.688. The fraction of sp³-hybridized carbons (Fsp3) is 0.500. The number of anilines is 1. The first-order valence-corrected chi connectivity index (χ1v) is 8.02. The van der Waals surface area contributed by atoms with Gasteiger partial charge in [-0.3, -0.25) is 4.68 Å². The second-order valence-electron chi connectivity index (χ2n) is 5.17. The van der Waals surface area contributed by atoms with Gasteiger partial charge in [-0.15, -0.1) is 0 Å². The summed E-state index contributed by atoms with van der Waals surface area (Å²) in [4.78, 5) is 9.48. The lowest BCUT2D eigenvalue weighted by atomic mass is 10.0. The lowest BCUT2D eigenvalue weighted by Gasteiger charge is -2.15. The first-order valence-electron chi connectivity index (χ1n) is 6.94. The number of hydrogen-bond donors (Lipinski definition) is 1. The summed E-state index contributed by atoms with van der Waals surface area (Å²) in [5.74, 6) is 2.25. The molecule has 5 nitrogen and oxygen atoms in total. The molecule has 20 heavy (non-hydrogen) atoms. The lowest BCUT2D eigenvalue weighted by Crippen LogP contribution is -2.09. The van der Waals surface area contributed by atoms with Crippen LogP contribution in [-0.2, 0) is 7.05 Å². The van der Waals surface area contributed by atoms with Crippen LogP contribution in [0.1, 0.15) is 37.3 Å². The van der Waals surface area contributed by atoms with Gasteiger partial charge >= 0.3 is 0 Å². The van der Waals surface area contributed by atoms with Crippen LogP contribution in [0.15, 0.2) is 12.3 Å². The molecule has 0 radical (unpaired) electrons. The molecule has 2 aromatic heterocycles. The van der Waals surface area contributed by atoms with Crippen LogP contribution in [0.4, 0.5) is 5.82 Å². The van der Waals surface area contributed by atoms with Crippen molar-refractivity contribution >= 4 is 28.4 Å². The highest BCUT2D eigenvalue weighted by Gasteiger charge is 2.24. The molecule has 0 bridgehead atoms. The van der Waals surface area contributed by atoms with E-state index < -0.39 is 0 Å². The summed E-state index contributed by atoms with van der Waals surface area (Å²) >= 11 is 2.36. The van der Waals surface area contributed by atoms with Gasteiger partial charge in [0.1, 0.15) is 11.5 Å². The first kappa shape index (κ1) is 13.8. The number of aryl methyl sites for hydroxylation is 1. The van der Waals surface area contributed by atoms with E-state index in [1.54, 1.807) is 6.20 Å². The van der Waals surface area contributed by atoms with Crippen molar-refractivity contribution in [2.75, 3.05) is 12.4 Å². The molecular weight excluding hydrogens is 365 g/mol. The SMILES string of the molecule is CNc1nc(-c2ccnn2C)nc(C2CCCC2)c1I. The van der Waals surface area contributed by atoms with Crippen LogP contribution in [0.3, 0.4) is 0 Å². The average molecular weight is 383 g/mol. The van der Waals surface area contributed by atoms with Gasteiger partial charge in [-0.25, -0.2) is 9.97 Å². The number of aromatic nitrogens is 4. The molecule has 1 fully saturated rings. The molecule has 0 aliphatic heterocycles. The standard InChI is InChI=1S/C14H18IN5/c1-16-14-11(15)12(9-5-3-4-6-9)18-13(19-14)10-7-8-17-20(10)2/h7-9H,3-6H2,1-2H3,(H,16,18,19). The van der Waals surface area contributed by atoms with E-state index in [1.807, 2.05) is 24.8 Å². The zero-order valence-corrected chi connectivity index (χ0v) is 13.9. The van der Waals surface area contributed by atoms with Crippen molar-refractivity contribution in [2.45, 2.75) is 31.6 Å². The molecule has 0 unspecified atom stereocenters. The zero-order valence-electron chi connectivity index (χ0n) is 11.7. The Morgan fingerprint density at radius 3 is 2.65 bits per heavy atom. The van der Waals surface area contributed by atoms with Crippen LogP contribution >= 0.6 is 22.6 Å². The highest BCUT2D eigenvalue weighted by molar-refractivity contribution is 14.1. The van der Waals surface area contributed by atoms with Crippen molar-refractivity contribution < 1.29 is 0 Å². The van der Waals surface area contributed by atoms with Crippen molar-refractivity contribution in [3.05, 3.63) is 21.5 Å². The molecule has 2 aromatic rings. The minimum absolute atomic E-state index is 0.573. The normalized spacial score (nSPS) is 15.8. The summed E-state index contributed by atoms with van der Waals surface area (Å²) < 4.78 is 2.97. The highest BCUT2D eigenvalue weighted by Crippen LogP contribution is 2.37. The third kappa shape index (κ3) is 2.41. The van der Waals surface area contributed by atoms with Gasteiger partial charge in [0.15, 0.2) is 5.82 Å². The summed E-state index contributed by atoms with van der Waals surface area (Å²) in [6.45, 7) is 0. The fourth-order valence-electron chi connectivity index (χ4n) is 2.81. The maximum atomic E-state index is 4.85. The van der Waals surface area contributed by atoms with Crippen LogP contribution < -0.4 is 5.32 Å². The van der Waals surface area contributed by atoms with Crippen molar-refractivity contribution in [3.8, 4) is 11.5 Å². The van der Waals surface area contributed by atoms with Gasteiger partial charge in [0.2, 0.25) is 0 Å². The van der Waals surface area contributed by atoms with E-state index in [4.69, 9.17) is 4.98 Å². The van der Waals surface area contributed by atoms with Crippen molar-refractivity contribution in [1.29, 1.82) is 0 Å². The van der Waals surface area contributed by atoms with Crippen LogP contribution in [0.5, 0.6) is 0 Å². The van der Waals surface area contributed by atoms with E-state index in [2.05, 4.69) is 38.0 Å². The molecule has 3 rings (SSSR count). The van der Waals surface area contributed by atoms with Crippen molar-refractivity contribution in [1.82, 2.24) is 19.7 Å². The summed E-state index contributed by atoms with van der Waals surface area (Å²) in [6.07, 6.45) is 6.87. The maximum Gasteiger partial charge on any atom is 0.180 e. The minimum Gasteiger partial charge on any atom is -0.372 e. The van der Waals surface area contributed by atoms with Crippen LogP contribution in [0, 0.1) is 3.57 Å². The molecule has 1 N–H and O–H groups in total. The number of nitrogens with one attached hydrogen (secondary N) is 1. The van der Waals surface area contributed by atoms with Crippen molar-refractivity contribution in [2.24, 2.45) is 7.05 Å². The number of rotatable bonds is 3. The molecule has 0 atom stereocenters. The molecule has 1 saturated carbocycles. The summed E-state index contributed by atoms with van der Waals surface area (Å²) in [6, 6.07) is 1.96. The fourth-order valence-corrected chi connectivity index (χ4v) is 3.76. The molecule has 1 aliphatic rings. The smallest absolute Gasteiger partial charge is 0.180 e. The molecule has 0 aromatic carbocycles. The predicted octanol–water partition coefficient (Wildman–Crippen LogP) is 3.18. The Morgan fingerprint density at radius 1 is 1.30 bits per heavy atom. The van der Waals surface area contributed by atoms with Gasteiger partial charge in [0, 0.05) is 26.2 Å². The Kier molecular flexibility index (Phi) is 3.91. The van der Waals surface area contributed by atoms with E-state index in [1.165, 1.54) is 31.4 Å². The third-order valence-electron chi connectivity index (χ3n) is 3.91. The third-order valence-corrected chi connectivity index (χ3v) is 4.97. The monoisotopic (exact) mass is 383 g/mol. The molecule has 1 aliphatic carbocycles. The zero-order chi connectivity index (χ0) is 14.1. The minimum atomic E-state index is 0.573. The van der Waals surface area contributed by atoms with Crippen molar-refractivity contribution in [3.63, 3.8) is 0 Å². The number of hydrogen-bond acceptors (Lipinski definition) is 4. The van der Waals surface area contributed by atoms with Crippen LogP contribution in [0.25, 0.3) is 11.5 Å². The van der Waals surface area contributed by atoms with E-state index in [0.29, 0.717) is 5.92 Å². The van der Waals surface area contributed by atoms with E-state index in [0.717, 1.165) is 20.9 Å². The van der Waals surface area contributed by atoms with Crippen LogP contribution in [-0.4, -0.2) is 26.8 Å². The average Bonchev–Trinajstić information content (AvgIpc) is 3.10. The summed E-state index contributed by atoms with van der Waals surface area (Å²) in [5.41, 5.74) is 2.15. The Balaban J connectivity index is 2.12. The second kappa shape index (κ2) is 5.67. The van der Waals surface area contributed by atoms with E-state index in [-0.39, 0.29) is 0 Å². The van der Waals surface area contributed by atoms with Gasteiger partial charge in [0.05, 0.1) is 9.26 Å². The van der Waals surface area contributed by atoms with E-state index in [9.17, 15) is 0 Å². The molecule has 6 heteroatoms. The topological polar surface area (TPSA) is 55.6 Å². The van der Waals surface area contributed by atoms with Gasteiger partial charge in [-0.05, 0) is 41.5 Å². The Morgan fingerprint density at radius 2 is 2.05 bits per heavy atom. The van der Waals surface area contributed by atoms with E-state index >= 15 is 0 Å². The summed E-state index contributed by atoms with van der Waals surface area (Å²) in [7, 11) is 3.83. The van der Waals surface area contributed by atoms with Gasteiger partial charge < -0.3 is 5.32 Å². The summed E-state index contributed by atoms with van der Waals surface area (Å²) in [5, 5.41) is 7.41. The predicted molar refractivity (Wildman–Crippen MR) is 87.7 cm³/mol. The Hall–Kier alpha value is -1.18. The molecule has 0 saturated heterocycles. The van der Waals surface area contributed by atoms with Gasteiger partial charge in [-0.2, -0.15) is 5.10 Å². The maximum absolute atomic E-state index is 4.85. The molecule has 0 amide bonds.